The summed E-state index contributed by atoms with van der Waals surface area (Å²) < 4.78 is 5.37. The molecular weight excluding hydrogens is 336 g/mol. The number of hydrogen-bond donors (Lipinski definition) is 1. The Kier molecular flexibility index (Phi) is 6.67. The Bertz CT molecular complexity index is 579. The first-order valence-corrected chi connectivity index (χ1v) is 9.32. The van der Waals surface area contributed by atoms with Crippen LogP contribution < -0.4 is 0 Å². The van der Waals surface area contributed by atoms with Crippen molar-refractivity contribution in [2.24, 2.45) is 5.92 Å². The fourth-order valence-corrected chi connectivity index (χ4v) is 3.26. The molecule has 146 valence electrons. The van der Waals surface area contributed by atoms with Crippen molar-refractivity contribution in [3.05, 3.63) is 11.6 Å². The highest BCUT2D eigenvalue weighted by molar-refractivity contribution is 5.78. The number of nitrogens with zero attached hydrogens (tertiary/aromatic N) is 2. The average Bonchev–Trinajstić information content (AvgIpc) is 2.58. The van der Waals surface area contributed by atoms with Crippen LogP contribution in [0.25, 0.3) is 0 Å². The molecule has 1 N–H and O–H groups in total. The Labute approximate surface area is 155 Å². The van der Waals surface area contributed by atoms with E-state index >= 15 is 0 Å². The van der Waals surface area contributed by atoms with Gasteiger partial charge in [0.1, 0.15) is 5.60 Å². The van der Waals surface area contributed by atoms with Crippen LogP contribution in [0, 0.1) is 5.92 Å². The van der Waals surface area contributed by atoms with Gasteiger partial charge < -0.3 is 19.6 Å². The second-order valence-electron chi connectivity index (χ2n) is 8.06. The van der Waals surface area contributed by atoms with Crippen LogP contribution in [0.2, 0.25) is 0 Å². The minimum atomic E-state index is -0.820. The van der Waals surface area contributed by atoms with Gasteiger partial charge in [0, 0.05) is 32.6 Å². The number of carbonyl (C=O) groups excluding carboxylic acids is 2. The molecule has 2 amide bonds. The average molecular weight is 366 g/mol. The fraction of sp³-hybridized carbons (Fsp3) is 0.737. The lowest BCUT2D eigenvalue weighted by molar-refractivity contribution is -0.145. The van der Waals surface area contributed by atoms with Gasteiger partial charge in [0.2, 0.25) is 5.91 Å². The van der Waals surface area contributed by atoms with E-state index in [2.05, 4.69) is 0 Å². The lowest BCUT2D eigenvalue weighted by Crippen LogP contribution is -2.42. The van der Waals surface area contributed by atoms with Crippen molar-refractivity contribution >= 4 is 18.0 Å². The van der Waals surface area contributed by atoms with Crippen LogP contribution in [-0.4, -0.2) is 64.7 Å². The van der Waals surface area contributed by atoms with Crippen molar-refractivity contribution in [1.82, 2.24) is 9.80 Å². The molecule has 0 aliphatic carbocycles. The van der Waals surface area contributed by atoms with Crippen molar-refractivity contribution in [3.8, 4) is 0 Å². The fourth-order valence-electron chi connectivity index (χ4n) is 3.26. The van der Waals surface area contributed by atoms with E-state index in [1.54, 1.807) is 9.80 Å². The zero-order valence-electron chi connectivity index (χ0n) is 16.0. The van der Waals surface area contributed by atoms with Crippen LogP contribution in [0.15, 0.2) is 11.6 Å². The zero-order chi connectivity index (χ0) is 19.3. The van der Waals surface area contributed by atoms with Gasteiger partial charge in [-0.2, -0.15) is 0 Å². The van der Waals surface area contributed by atoms with Gasteiger partial charge >= 0.3 is 12.1 Å². The van der Waals surface area contributed by atoms with E-state index < -0.39 is 17.5 Å². The standard InChI is InChI=1S/C19H30N2O5/c1-19(2,3)26-18(25)20-11-8-14(9-12-20)6-7-16(22)21-10-4-5-15(13-21)17(23)24/h8,15H,4-7,9-13H2,1-3H3,(H,23,24). The van der Waals surface area contributed by atoms with Crippen LogP contribution in [0.3, 0.4) is 0 Å². The van der Waals surface area contributed by atoms with E-state index in [1.807, 2.05) is 26.8 Å². The van der Waals surface area contributed by atoms with Crippen LogP contribution in [0.1, 0.15) is 52.9 Å². The molecule has 1 atom stereocenters. The molecule has 7 heteroatoms. The van der Waals surface area contributed by atoms with E-state index in [-0.39, 0.29) is 12.0 Å². The molecule has 0 aromatic carbocycles. The third-order valence-electron chi connectivity index (χ3n) is 4.74. The largest absolute Gasteiger partial charge is 0.481 e. The zero-order valence-corrected chi connectivity index (χ0v) is 16.0. The van der Waals surface area contributed by atoms with Crippen molar-refractivity contribution < 1.29 is 24.2 Å². The van der Waals surface area contributed by atoms with Crippen molar-refractivity contribution in [2.45, 2.75) is 58.5 Å². The van der Waals surface area contributed by atoms with Gasteiger partial charge in [-0.15, -0.1) is 0 Å². The molecule has 1 fully saturated rings. The highest BCUT2D eigenvalue weighted by atomic mass is 16.6. The van der Waals surface area contributed by atoms with Gasteiger partial charge in [0.15, 0.2) is 0 Å². The van der Waals surface area contributed by atoms with Crippen molar-refractivity contribution in [3.63, 3.8) is 0 Å². The maximum absolute atomic E-state index is 12.4. The van der Waals surface area contributed by atoms with Crippen LogP contribution in [-0.2, 0) is 14.3 Å². The molecule has 2 heterocycles. The summed E-state index contributed by atoms with van der Waals surface area (Å²) in [6, 6.07) is 0. The second kappa shape index (κ2) is 8.56. The van der Waals surface area contributed by atoms with Crippen LogP contribution in [0.5, 0.6) is 0 Å². The number of aliphatic carboxylic acids is 1. The molecule has 0 aromatic rings. The number of piperidine rings is 1. The predicted molar refractivity (Wildman–Crippen MR) is 96.7 cm³/mol. The molecular formula is C19H30N2O5. The van der Waals surface area contributed by atoms with E-state index in [9.17, 15) is 14.4 Å². The van der Waals surface area contributed by atoms with Gasteiger partial charge in [0.05, 0.1) is 5.92 Å². The number of amides is 2. The molecule has 26 heavy (non-hydrogen) atoms. The molecule has 1 unspecified atom stereocenters. The Morgan fingerprint density at radius 1 is 1.23 bits per heavy atom. The second-order valence-corrected chi connectivity index (χ2v) is 8.06. The smallest absolute Gasteiger partial charge is 0.410 e. The quantitative estimate of drug-likeness (QED) is 0.773. The lowest BCUT2D eigenvalue weighted by atomic mass is 9.97. The number of hydrogen-bond acceptors (Lipinski definition) is 4. The Morgan fingerprint density at radius 2 is 1.96 bits per heavy atom. The first-order chi connectivity index (χ1) is 12.2. The molecule has 0 saturated carbocycles. The van der Waals surface area contributed by atoms with Crippen molar-refractivity contribution in [2.75, 3.05) is 26.2 Å². The number of rotatable bonds is 4. The summed E-state index contributed by atoms with van der Waals surface area (Å²) in [5, 5.41) is 9.12. The summed E-state index contributed by atoms with van der Waals surface area (Å²) in [5.74, 6) is -1.24. The van der Waals surface area contributed by atoms with Gasteiger partial charge in [-0.1, -0.05) is 11.6 Å². The molecule has 0 aromatic heterocycles. The molecule has 0 radical (unpaired) electrons. The van der Waals surface area contributed by atoms with Gasteiger partial charge in [-0.3, -0.25) is 9.59 Å². The molecule has 1 saturated heterocycles. The van der Waals surface area contributed by atoms with Gasteiger partial charge in [0.25, 0.3) is 0 Å². The summed E-state index contributed by atoms with van der Waals surface area (Å²) in [5.41, 5.74) is 0.667. The number of ether oxygens (including phenoxy) is 1. The van der Waals surface area contributed by atoms with E-state index in [0.717, 1.165) is 12.8 Å². The number of carbonyl (C=O) groups is 3. The minimum Gasteiger partial charge on any atom is -0.481 e. The third kappa shape index (κ3) is 6.04. The first-order valence-electron chi connectivity index (χ1n) is 9.32. The molecule has 2 aliphatic rings. The van der Waals surface area contributed by atoms with Gasteiger partial charge in [-0.05, 0) is 46.5 Å². The van der Waals surface area contributed by atoms with Crippen LogP contribution >= 0.6 is 0 Å². The first kappa shape index (κ1) is 20.3. The Hall–Kier alpha value is -2.05. The number of carboxylic acid groups (broad SMARTS) is 1. The summed E-state index contributed by atoms with van der Waals surface area (Å²) in [4.78, 5) is 38.9. The predicted octanol–water partition coefficient (Wildman–Crippen LogP) is 2.66. The minimum absolute atomic E-state index is 0.0198. The summed E-state index contributed by atoms with van der Waals surface area (Å²) in [6.45, 7) is 7.60. The molecule has 7 nitrogen and oxygen atoms in total. The topological polar surface area (TPSA) is 87.2 Å². The normalized spacial score (nSPS) is 21.2. The molecule has 0 bridgehead atoms. The van der Waals surface area contributed by atoms with Crippen LogP contribution in [0.4, 0.5) is 4.79 Å². The SMILES string of the molecule is CC(C)(C)OC(=O)N1CC=C(CCC(=O)N2CCCC(C(=O)O)C2)CC1. The van der Waals surface area contributed by atoms with E-state index in [1.165, 1.54) is 5.57 Å². The molecule has 0 spiro atoms. The van der Waals surface area contributed by atoms with Crippen molar-refractivity contribution in [1.29, 1.82) is 0 Å². The number of likely N-dealkylation sites (tertiary alicyclic amines) is 1. The lowest BCUT2D eigenvalue weighted by Gasteiger charge is -2.31. The van der Waals surface area contributed by atoms with E-state index in [4.69, 9.17) is 9.84 Å². The highest BCUT2D eigenvalue weighted by Gasteiger charge is 2.28. The van der Waals surface area contributed by atoms with E-state index in [0.29, 0.717) is 45.4 Å². The van der Waals surface area contributed by atoms with Gasteiger partial charge in [-0.25, -0.2) is 4.79 Å². The molecule has 2 rings (SSSR count). The Balaban J connectivity index is 1.77. The maximum atomic E-state index is 12.4. The highest BCUT2D eigenvalue weighted by Crippen LogP contribution is 2.21. The Morgan fingerprint density at radius 3 is 2.54 bits per heavy atom. The monoisotopic (exact) mass is 366 g/mol. The number of carboxylic acids is 1. The maximum Gasteiger partial charge on any atom is 0.410 e. The summed E-state index contributed by atoms with van der Waals surface area (Å²) in [7, 11) is 0. The summed E-state index contributed by atoms with van der Waals surface area (Å²) in [6.07, 6.45) is 4.87. The summed E-state index contributed by atoms with van der Waals surface area (Å²) >= 11 is 0. The third-order valence-corrected chi connectivity index (χ3v) is 4.74. The molecule has 2 aliphatic heterocycles.